The van der Waals surface area contributed by atoms with Crippen molar-refractivity contribution in [3.05, 3.63) is 29.8 Å². The Hall–Kier alpha value is -1.55. The predicted octanol–water partition coefficient (Wildman–Crippen LogP) is 0.994. The number of amides is 1. The maximum Gasteiger partial charge on any atom is 0.255 e. The zero-order valence-electron chi connectivity index (χ0n) is 8.64. The van der Waals surface area contributed by atoms with Crippen LogP contribution in [0.1, 0.15) is 25.0 Å². The number of rotatable bonds is 5. The highest BCUT2D eigenvalue weighted by Crippen LogP contribution is 2.19. The molecule has 0 saturated carbocycles. The van der Waals surface area contributed by atoms with E-state index in [9.17, 15) is 9.90 Å². The lowest BCUT2D eigenvalue weighted by molar-refractivity contribution is -0.119. The zero-order valence-corrected chi connectivity index (χ0v) is 8.64. The van der Waals surface area contributed by atoms with E-state index in [-0.39, 0.29) is 6.61 Å². The molecule has 4 nitrogen and oxygen atoms in total. The molecule has 1 aromatic rings. The van der Waals surface area contributed by atoms with Gasteiger partial charge in [0.15, 0.2) is 6.61 Å². The summed E-state index contributed by atoms with van der Waals surface area (Å²) in [5.41, 5.74) is 5.77. The lowest BCUT2D eigenvalue weighted by Crippen LogP contribution is -2.19. The third-order valence-corrected chi connectivity index (χ3v) is 2.03. The zero-order chi connectivity index (χ0) is 11.3. The van der Waals surface area contributed by atoms with E-state index in [1.54, 1.807) is 24.3 Å². The Morgan fingerprint density at radius 3 is 2.53 bits per heavy atom. The van der Waals surface area contributed by atoms with Gasteiger partial charge in [0.2, 0.25) is 0 Å². The van der Waals surface area contributed by atoms with Crippen LogP contribution in [0.5, 0.6) is 5.75 Å². The maximum absolute atomic E-state index is 10.5. The van der Waals surface area contributed by atoms with Gasteiger partial charge in [-0.15, -0.1) is 0 Å². The SMILES string of the molecule is CC[C@@H](O)c1ccc(OCC(N)=O)cc1. The van der Waals surface area contributed by atoms with Gasteiger partial charge in [-0.2, -0.15) is 0 Å². The van der Waals surface area contributed by atoms with Crippen LogP contribution >= 0.6 is 0 Å². The fourth-order valence-corrected chi connectivity index (χ4v) is 1.18. The van der Waals surface area contributed by atoms with Crippen LogP contribution in [-0.4, -0.2) is 17.6 Å². The quantitative estimate of drug-likeness (QED) is 0.759. The Morgan fingerprint density at radius 2 is 2.07 bits per heavy atom. The lowest BCUT2D eigenvalue weighted by atomic mass is 10.1. The smallest absolute Gasteiger partial charge is 0.255 e. The van der Waals surface area contributed by atoms with Crippen LogP contribution in [0, 0.1) is 0 Å². The molecule has 3 N–H and O–H groups in total. The first-order valence-electron chi connectivity index (χ1n) is 4.82. The van der Waals surface area contributed by atoms with Crippen LogP contribution in [0.15, 0.2) is 24.3 Å². The minimum atomic E-state index is -0.507. The molecule has 0 heterocycles. The summed E-state index contributed by atoms with van der Waals surface area (Å²) in [5.74, 6) is 0.0634. The topological polar surface area (TPSA) is 72.6 Å². The van der Waals surface area contributed by atoms with Crippen molar-refractivity contribution in [1.82, 2.24) is 0 Å². The number of carbonyl (C=O) groups excluding carboxylic acids is 1. The van der Waals surface area contributed by atoms with Crippen molar-refractivity contribution in [3.63, 3.8) is 0 Å². The van der Waals surface area contributed by atoms with Gasteiger partial charge in [-0.05, 0) is 24.1 Å². The molecule has 0 aliphatic rings. The van der Waals surface area contributed by atoms with Crippen LogP contribution in [0.3, 0.4) is 0 Å². The Labute approximate surface area is 88.7 Å². The number of hydrogen-bond donors (Lipinski definition) is 2. The van der Waals surface area contributed by atoms with E-state index in [0.717, 1.165) is 5.56 Å². The summed E-state index contributed by atoms with van der Waals surface area (Å²) in [6.45, 7) is 1.78. The molecule has 0 aliphatic carbocycles. The lowest BCUT2D eigenvalue weighted by Gasteiger charge is -2.09. The second kappa shape index (κ2) is 5.36. The molecule has 0 unspecified atom stereocenters. The fourth-order valence-electron chi connectivity index (χ4n) is 1.18. The first-order valence-corrected chi connectivity index (χ1v) is 4.82. The maximum atomic E-state index is 10.5. The first-order chi connectivity index (χ1) is 7.13. The predicted molar refractivity (Wildman–Crippen MR) is 56.4 cm³/mol. The van der Waals surface area contributed by atoms with Gasteiger partial charge in [0.1, 0.15) is 5.75 Å². The van der Waals surface area contributed by atoms with E-state index in [4.69, 9.17) is 10.5 Å². The van der Waals surface area contributed by atoms with Crippen LogP contribution in [0.25, 0.3) is 0 Å². The summed E-state index contributed by atoms with van der Waals surface area (Å²) in [6.07, 6.45) is 0.219. The van der Waals surface area contributed by atoms with E-state index in [2.05, 4.69) is 0 Å². The van der Waals surface area contributed by atoms with Crippen molar-refractivity contribution < 1.29 is 14.6 Å². The summed E-state index contributed by atoms with van der Waals surface area (Å²) in [6, 6.07) is 6.95. The summed E-state index contributed by atoms with van der Waals surface area (Å²) < 4.78 is 5.08. The average molecular weight is 209 g/mol. The molecule has 0 saturated heterocycles. The molecule has 1 aromatic carbocycles. The number of aliphatic hydroxyl groups excluding tert-OH is 1. The first kappa shape index (κ1) is 11.5. The largest absolute Gasteiger partial charge is 0.484 e. The Kier molecular flexibility index (Phi) is 4.12. The highest BCUT2D eigenvalue weighted by Gasteiger charge is 2.04. The van der Waals surface area contributed by atoms with Crippen molar-refractivity contribution in [1.29, 1.82) is 0 Å². The van der Waals surface area contributed by atoms with Gasteiger partial charge in [0.05, 0.1) is 6.10 Å². The molecule has 1 rings (SSSR count). The van der Waals surface area contributed by atoms with Gasteiger partial charge in [-0.3, -0.25) is 4.79 Å². The summed E-state index contributed by atoms with van der Waals surface area (Å²) >= 11 is 0. The van der Waals surface area contributed by atoms with Gasteiger partial charge in [-0.1, -0.05) is 19.1 Å². The van der Waals surface area contributed by atoms with Gasteiger partial charge in [0.25, 0.3) is 5.91 Å². The molecule has 0 spiro atoms. The third-order valence-electron chi connectivity index (χ3n) is 2.03. The number of carbonyl (C=O) groups is 1. The van der Waals surface area contributed by atoms with Gasteiger partial charge in [0, 0.05) is 0 Å². The number of ether oxygens (including phenoxy) is 1. The van der Waals surface area contributed by atoms with Gasteiger partial charge < -0.3 is 15.6 Å². The van der Waals surface area contributed by atoms with E-state index in [0.29, 0.717) is 12.2 Å². The number of primary amides is 1. The molecule has 0 bridgehead atoms. The third kappa shape index (κ3) is 3.59. The second-order valence-electron chi connectivity index (χ2n) is 3.25. The minimum absolute atomic E-state index is 0.129. The summed E-state index contributed by atoms with van der Waals surface area (Å²) in [5, 5.41) is 9.52. The summed E-state index contributed by atoms with van der Waals surface area (Å²) in [4.78, 5) is 10.5. The van der Waals surface area contributed by atoms with Crippen LogP contribution < -0.4 is 10.5 Å². The number of nitrogens with two attached hydrogens (primary N) is 1. The van der Waals surface area contributed by atoms with E-state index >= 15 is 0 Å². The van der Waals surface area contributed by atoms with Gasteiger partial charge >= 0.3 is 0 Å². The van der Waals surface area contributed by atoms with Crippen molar-refractivity contribution in [3.8, 4) is 5.75 Å². The number of aliphatic hydroxyl groups is 1. The number of benzene rings is 1. The molecule has 15 heavy (non-hydrogen) atoms. The fraction of sp³-hybridized carbons (Fsp3) is 0.364. The van der Waals surface area contributed by atoms with E-state index in [1.165, 1.54) is 0 Å². The standard InChI is InChI=1S/C11H15NO3/c1-2-10(13)8-3-5-9(6-4-8)15-7-11(12)14/h3-6,10,13H,2,7H2,1H3,(H2,12,14)/t10-/m1/s1. The van der Waals surface area contributed by atoms with Crippen molar-refractivity contribution in [2.24, 2.45) is 5.73 Å². The molecular weight excluding hydrogens is 194 g/mol. The highest BCUT2D eigenvalue weighted by atomic mass is 16.5. The molecular formula is C11H15NO3. The molecule has 0 fully saturated rings. The summed E-state index contributed by atoms with van der Waals surface area (Å²) in [7, 11) is 0. The molecule has 0 radical (unpaired) electrons. The monoisotopic (exact) mass is 209 g/mol. The molecule has 0 aliphatic heterocycles. The van der Waals surface area contributed by atoms with Crippen LogP contribution in [-0.2, 0) is 4.79 Å². The Balaban J connectivity index is 2.60. The highest BCUT2D eigenvalue weighted by molar-refractivity contribution is 5.75. The Bertz CT molecular complexity index is 321. The normalized spacial score (nSPS) is 12.1. The van der Waals surface area contributed by atoms with Crippen LogP contribution in [0.2, 0.25) is 0 Å². The number of hydrogen-bond acceptors (Lipinski definition) is 3. The molecule has 4 heteroatoms. The minimum Gasteiger partial charge on any atom is -0.484 e. The molecule has 1 amide bonds. The van der Waals surface area contributed by atoms with E-state index in [1.807, 2.05) is 6.92 Å². The van der Waals surface area contributed by atoms with Gasteiger partial charge in [-0.25, -0.2) is 0 Å². The molecule has 82 valence electrons. The van der Waals surface area contributed by atoms with Crippen LogP contribution in [0.4, 0.5) is 0 Å². The molecule has 0 aromatic heterocycles. The second-order valence-corrected chi connectivity index (χ2v) is 3.25. The van der Waals surface area contributed by atoms with Crippen molar-refractivity contribution >= 4 is 5.91 Å². The van der Waals surface area contributed by atoms with Crippen molar-refractivity contribution in [2.75, 3.05) is 6.61 Å². The average Bonchev–Trinajstić information content (AvgIpc) is 2.26. The van der Waals surface area contributed by atoms with Crippen molar-refractivity contribution in [2.45, 2.75) is 19.4 Å². The molecule has 1 atom stereocenters. The van der Waals surface area contributed by atoms with E-state index < -0.39 is 12.0 Å². The Morgan fingerprint density at radius 1 is 1.47 bits per heavy atom.